The molecule has 1 fully saturated rings. The van der Waals surface area contributed by atoms with Crippen molar-refractivity contribution in [3.05, 3.63) is 21.4 Å². The highest BCUT2D eigenvalue weighted by Gasteiger charge is 2.31. The summed E-state index contributed by atoms with van der Waals surface area (Å²) >= 11 is 1.43. The van der Waals surface area contributed by atoms with Crippen LogP contribution in [0.3, 0.4) is 0 Å². The minimum absolute atomic E-state index is 0.123. The minimum Gasteiger partial charge on any atom is -0.369 e. The second kappa shape index (κ2) is 7.00. The first kappa shape index (κ1) is 17.3. The van der Waals surface area contributed by atoms with Gasteiger partial charge in [0.25, 0.3) is 5.91 Å². The summed E-state index contributed by atoms with van der Waals surface area (Å²) < 4.78 is 41.5. The van der Waals surface area contributed by atoms with Crippen molar-refractivity contribution < 1.29 is 22.7 Å². The van der Waals surface area contributed by atoms with E-state index in [0.717, 1.165) is 23.3 Å². The number of aryl methyl sites for hydroxylation is 2. The van der Waals surface area contributed by atoms with Crippen molar-refractivity contribution in [2.45, 2.75) is 57.9 Å². The summed E-state index contributed by atoms with van der Waals surface area (Å²) in [5.74, 6) is -0.150. The third-order valence-electron chi connectivity index (χ3n) is 3.83. The van der Waals surface area contributed by atoms with Gasteiger partial charge in [-0.3, -0.25) is 4.79 Å². The smallest absolute Gasteiger partial charge is 0.369 e. The van der Waals surface area contributed by atoms with E-state index in [2.05, 4.69) is 5.32 Å². The van der Waals surface area contributed by atoms with Gasteiger partial charge >= 0.3 is 6.18 Å². The average molecular weight is 335 g/mol. The van der Waals surface area contributed by atoms with Crippen molar-refractivity contribution in [2.75, 3.05) is 6.61 Å². The molecule has 1 aromatic rings. The summed E-state index contributed by atoms with van der Waals surface area (Å²) in [5, 5.41) is 2.91. The Labute approximate surface area is 131 Å². The van der Waals surface area contributed by atoms with Crippen LogP contribution < -0.4 is 5.32 Å². The van der Waals surface area contributed by atoms with Crippen molar-refractivity contribution in [3.63, 3.8) is 0 Å². The van der Waals surface area contributed by atoms with Crippen LogP contribution in [0.1, 0.15) is 45.8 Å². The van der Waals surface area contributed by atoms with Crippen LogP contribution in [0.15, 0.2) is 6.07 Å². The number of amides is 1. The number of halogens is 3. The molecule has 0 aliphatic heterocycles. The first-order valence-electron chi connectivity index (χ1n) is 7.31. The molecule has 0 radical (unpaired) electrons. The van der Waals surface area contributed by atoms with Gasteiger partial charge in [0.05, 0.1) is 11.0 Å². The van der Waals surface area contributed by atoms with Gasteiger partial charge in [-0.25, -0.2) is 0 Å². The number of hydrogen-bond acceptors (Lipinski definition) is 3. The Morgan fingerprint density at radius 3 is 2.73 bits per heavy atom. The lowest BCUT2D eigenvalue weighted by Gasteiger charge is -2.29. The van der Waals surface area contributed by atoms with E-state index in [1.807, 2.05) is 19.9 Å². The summed E-state index contributed by atoms with van der Waals surface area (Å²) in [6.45, 7) is 2.68. The molecule has 0 saturated heterocycles. The van der Waals surface area contributed by atoms with Crippen LogP contribution >= 0.6 is 11.3 Å². The predicted octanol–water partition coefficient (Wildman–Crippen LogP) is 3.98. The number of carbonyl (C=O) groups is 1. The van der Waals surface area contributed by atoms with Gasteiger partial charge in [0.15, 0.2) is 0 Å². The fourth-order valence-electron chi connectivity index (χ4n) is 2.58. The maximum absolute atomic E-state index is 12.2. The van der Waals surface area contributed by atoms with E-state index >= 15 is 0 Å². The number of nitrogens with one attached hydrogen (secondary N) is 1. The Hall–Kier alpha value is -1.08. The molecular formula is C15H20F3NO2S. The van der Waals surface area contributed by atoms with Crippen LogP contribution in [0.25, 0.3) is 0 Å². The number of alkyl halides is 3. The number of hydrogen-bond donors (Lipinski definition) is 1. The Morgan fingerprint density at radius 2 is 2.14 bits per heavy atom. The van der Waals surface area contributed by atoms with Gasteiger partial charge in [-0.1, -0.05) is 0 Å². The van der Waals surface area contributed by atoms with Gasteiger partial charge in [-0.15, -0.1) is 11.3 Å². The summed E-state index contributed by atoms with van der Waals surface area (Å²) in [6.07, 6.45) is -2.16. The van der Waals surface area contributed by atoms with Gasteiger partial charge in [0.1, 0.15) is 6.61 Å². The molecular weight excluding hydrogens is 315 g/mol. The van der Waals surface area contributed by atoms with Crippen LogP contribution in [-0.2, 0) is 4.74 Å². The van der Waals surface area contributed by atoms with E-state index in [1.54, 1.807) is 0 Å². The van der Waals surface area contributed by atoms with Gasteiger partial charge in [-0.2, -0.15) is 13.2 Å². The number of ether oxygens (including phenoxy) is 1. The summed E-state index contributed by atoms with van der Waals surface area (Å²) in [7, 11) is 0. The third kappa shape index (κ3) is 4.98. The topological polar surface area (TPSA) is 38.3 Å². The third-order valence-corrected chi connectivity index (χ3v) is 4.99. The van der Waals surface area contributed by atoms with E-state index in [9.17, 15) is 18.0 Å². The first-order chi connectivity index (χ1) is 10.2. The SMILES string of the molecule is Cc1cc(C(=O)N[C@H]2CCC[C@@H](OCC(F)(F)F)C2)sc1C. The first-order valence-corrected chi connectivity index (χ1v) is 8.12. The fourth-order valence-corrected chi connectivity index (χ4v) is 3.52. The molecule has 1 aromatic heterocycles. The number of carbonyl (C=O) groups excluding carboxylic acids is 1. The lowest BCUT2D eigenvalue weighted by Crippen LogP contribution is -2.40. The Kier molecular flexibility index (Phi) is 5.50. The second-order valence-corrected chi connectivity index (χ2v) is 6.99. The van der Waals surface area contributed by atoms with Crippen molar-refractivity contribution in [2.24, 2.45) is 0 Å². The van der Waals surface area contributed by atoms with Crippen molar-refractivity contribution in [3.8, 4) is 0 Å². The van der Waals surface area contributed by atoms with Crippen molar-refractivity contribution in [1.29, 1.82) is 0 Å². The van der Waals surface area contributed by atoms with Crippen LogP contribution in [-0.4, -0.2) is 30.8 Å². The molecule has 0 spiro atoms. The second-order valence-electron chi connectivity index (χ2n) is 5.74. The molecule has 2 atom stereocenters. The Bertz CT molecular complexity index is 508. The van der Waals surface area contributed by atoms with Crippen molar-refractivity contribution >= 4 is 17.2 Å². The maximum atomic E-state index is 12.2. The molecule has 7 heteroatoms. The van der Waals surface area contributed by atoms with E-state index in [1.165, 1.54) is 11.3 Å². The van der Waals surface area contributed by atoms with Crippen LogP contribution in [0.5, 0.6) is 0 Å². The van der Waals surface area contributed by atoms with Crippen LogP contribution in [0.2, 0.25) is 0 Å². The minimum atomic E-state index is -4.30. The van der Waals surface area contributed by atoms with Crippen LogP contribution in [0.4, 0.5) is 13.2 Å². The molecule has 3 nitrogen and oxygen atoms in total. The largest absolute Gasteiger partial charge is 0.411 e. The zero-order chi connectivity index (χ0) is 16.3. The monoisotopic (exact) mass is 335 g/mol. The van der Waals surface area contributed by atoms with Gasteiger partial charge in [0.2, 0.25) is 0 Å². The lowest BCUT2D eigenvalue weighted by molar-refractivity contribution is -0.188. The van der Waals surface area contributed by atoms with E-state index in [-0.39, 0.29) is 11.9 Å². The number of thiophene rings is 1. The molecule has 2 rings (SSSR count). The molecule has 22 heavy (non-hydrogen) atoms. The van der Waals surface area contributed by atoms with Gasteiger partial charge in [0, 0.05) is 10.9 Å². The summed E-state index contributed by atoms with van der Waals surface area (Å²) in [5.41, 5.74) is 1.07. The van der Waals surface area contributed by atoms with E-state index in [0.29, 0.717) is 17.7 Å². The standard InChI is InChI=1S/C15H20F3NO2S/c1-9-6-13(22-10(9)2)14(20)19-11-4-3-5-12(7-11)21-8-15(16,17)18/h6,11-12H,3-5,7-8H2,1-2H3,(H,19,20)/t11-,12+/m0/s1. The molecule has 1 aliphatic rings. The fraction of sp³-hybridized carbons (Fsp3) is 0.667. The summed E-state index contributed by atoms with van der Waals surface area (Å²) in [6, 6.07) is 1.72. The molecule has 1 amide bonds. The lowest BCUT2D eigenvalue weighted by atomic mass is 9.92. The normalized spacial score (nSPS) is 22.6. The van der Waals surface area contributed by atoms with Gasteiger partial charge < -0.3 is 10.1 Å². The predicted molar refractivity (Wildman–Crippen MR) is 79.3 cm³/mol. The molecule has 1 aliphatic carbocycles. The van der Waals surface area contributed by atoms with Crippen LogP contribution in [0, 0.1) is 13.8 Å². The highest BCUT2D eigenvalue weighted by atomic mass is 32.1. The molecule has 1 heterocycles. The molecule has 0 bridgehead atoms. The van der Waals surface area contributed by atoms with E-state index in [4.69, 9.17) is 4.74 Å². The highest BCUT2D eigenvalue weighted by Crippen LogP contribution is 2.25. The molecule has 124 valence electrons. The molecule has 1 saturated carbocycles. The summed E-state index contributed by atoms with van der Waals surface area (Å²) in [4.78, 5) is 13.9. The molecule has 0 unspecified atom stereocenters. The average Bonchev–Trinajstić information content (AvgIpc) is 2.76. The quantitative estimate of drug-likeness (QED) is 0.904. The zero-order valence-electron chi connectivity index (χ0n) is 12.6. The molecule has 1 N–H and O–H groups in total. The molecule has 0 aromatic carbocycles. The number of rotatable bonds is 4. The van der Waals surface area contributed by atoms with E-state index < -0.39 is 18.9 Å². The maximum Gasteiger partial charge on any atom is 0.411 e. The Balaban J connectivity index is 1.86. The zero-order valence-corrected chi connectivity index (χ0v) is 13.4. The van der Waals surface area contributed by atoms with Crippen molar-refractivity contribution in [1.82, 2.24) is 5.32 Å². The Morgan fingerprint density at radius 1 is 1.41 bits per heavy atom. The highest BCUT2D eigenvalue weighted by molar-refractivity contribution is 7.14. The van der Waals surface area contributed by atoms with Gasteiger partial charge in [-0.05, 0) is 51.2 Å².